The van der Waals surface area contributed by atoms with Crippen molar-refractivity contribution in [3.05, 3.63) is 41.5 Å². The average molecular weight is 193 g/mol. The van der Waals surface area contributed by atoms with E-state index in [1.54, 1.807) is 19.9 Å². The smallest absolute Gasteiger partial charge is 0.191 e. The summed E-state index contributed by atoms with van der Waals surface area (Å²) in [5, 5.41) is 9.88. The van der Waals surface area contributed by atoms with Crippen LogP contribution in [0.1, 0.15) is 29.0 Å². The van der Waals surface area contributed by atoms with Gasteiger partial charge in [0.1, 0.15) is 6.10 Å². The monoisotopic (exact) mass is 193 g/mol. The number of aromatic nitrogens is 1. The van der Waals surface area contributed by atoms with Crippen molar-refractivity contribution in [2.75, 3.05) is 0 Å². The highest BCUT2D eigenvalue weighted by Gasteiger charge is 2.19. The Hall–Kier alpha value is -1.55. The van der Waals surface area contributed by atoms with Gasteiger partial charge in [-0.1, -0.05) is 0 Å². The predicted octanol–water partition coefficient (Wildman–Crippen LogP) is 1.97. The molecule has 14 heavy (non-hydrogen) atoms. The summed E-state index contributed by atoms with van der Waals surface area (Å²) in [6.07, 6.45) is 2.20. The van der Waals surface area contributed by atoms with E-state index in [4.69, 9.17) is 8.83 Å². The van der Waals surface area contributed by atoms with Gasteiger partial charge in [-0.15, -0.1) is 0 Å². The topological polar surface area (TPSA) is 59.4 Å². The maximum atomic E-state index is 9.88. The molecule has 0 aliphatic carbocycles. The van der Waals surface area contributed by atoms with Gasteiger partial charge < -0.3 is 13.9 Å². The molecule has 2 aromatic rings. The van der Waals surface area contributed by atoms with Crippen LogP contribution in [0.2, 0.25) is 0 Å². The third kappa shape index (κ3) is 1.44. The van der Waals surface area contributed by atoms with Crippen LogP contribution in [0, 0.1) is 13.8 Å². The van der Waals surface area contributed by atoms with Crippen molar-refractivity contribution >= 4 is 0 Å². The largest absolute Gasteiger partial charge is 0.472 e. The van der Waals surface area contributed by atoms with E-state index in [2.05, 4.69) is 4.98 Å². The Labute approximate surface area is 81.2 Å². The molecule has 0 saturated heterocycles. The normalized spacial score (nSPS) is 13.1. The van der Waals surface area contributed by atoms with Crippen LogP contribution < -0.4 is 0 Å². The van der Waals surface area contributed by atoms with Crippen LogP contribution in [0.4, 0.5) is 0 Å². The summed E-state index contributed by atoms with van der Waals surface area (Å²) >= 11 is 0. The molecule has 0 spiro atoms. The molecule has 2 rings (SSSR count). The molecule has 0 aliphatic rings. The maximum Gasteiger partial charge on any atom is 0.191 e. The van der Waals surface area contributed by atoms with Gasteiger partial charge in [0.2, 0.25) is 0 Å². The quantitative estimate of drug-likeness (QED) is 0.792. The Morgan fingerprint density at radius 2 is 2.21 bits per heavy atom. The van der Waals surface area contributed by atoms with Crippen LogP contribution in [-0.4, -0.2) is 10.1 Å². The molecule has 0 bridgehead atoms. The van der Waals surface area contributed by atoms with Gasteiger partial charge in [-0.05, 0) is 13.0 Å². The minimum Gasteiger partial charge on any atom is -0.472 e. The van der Waals surface area contributed by atoms with E-state index >= 15 is 0 Å². The molecule has 74 valence electrons. The second-order valence-electron chi connectivity index (χ2n) is 3.14. The summed E-state index contributed by atoms with van der Waals surface area (Å²) in [7, 11) is 0. The first-order chi connectivity index (χ1) is 6.68. The zero-order chi connectivity index (χ0) is 10.1. The lowest BCUT2D eigenvalue weighted by Gasteiger charge is -2.04. The standard InChI is InChI=1S/C10H11NO3/c1-6-10(14-7(2)11-6)9(12)8-3-4-13-5-8/h3-5,9,12H,1-2H3. The van der Waals surface area contributed by atoms with Crippen LogP contribution in [0.15, 0.2) is 27.4 Å². The van der Waals surface area contributed by atoms with Gasteiger partial charge in [-0.3, -0.25) is 0 Å². The summed E-state index contributed by atoms with van der Waals surface area (Å²) in [5.74, 6) is 1.03. The van der Waals surface area contributed by atoms with E-state index in [1.807, 2.05) is 0 Å². The molecule has 2 aromatic heterocycles. The van der Waals surface area contributed by atoms with E-state index in [-0.39, 0.29) is 0 Å². The molecule has 0 aromatic carbocycles. The molecular formula is C10H11NO3. The molecule has 0 saturated carbocycles. The fourth-order valence-corrected chi connectivity index (χ4v) is 1.38. The first-order valence-electron chi connectivity index (χ1n) is 4.32. The van der Waals surface area contributed by atoms with E-state index < -0.39 is 6.10 Å². The Morgan fingerprint density at radius 1 is 1.43 bits per heavy atom. The molecule has 1 atom stereocenters. The first-order valence-corrected chi connectivity index (χ1v) is 4.32. The van der Waals surface area contributed by atoms with Crippen LogP contribution >= 0.6 is 0 Å². The van der Waals surface area contributed by atoms with Gasteiger partial charge >= 0.3 is 0 Å². The number of hydrogen-bond donors (Lipinski definition) is 1. The van der Waals surface area contributed by atoms with Gasteiger partial charge in [0.05, 0.1) is 18.2 Å². The third-order valence-electron chi connectivity index (χ3n) is 2.05. The fourth-order valence-electron chi connectivity index (χ4n) is 1.38. The Kier molecular flexibility index (Phi) is 2.13. The highest BCUT2D eigenvalue weighted by atomic mass is 16.4. The molecule has 4 heteroatoms. The van der Waals surface area contributed by atoms with Crippen molar-refractivity contribution in [3.8, 4) is 0 Å². The molecule has 0 aliphatic heterocycles. The number of aryl methyl sites for hydroxylation is 2. The first kappa shape index (κ1) is 9.02. The van der Waals surface area contributed by atoms with E-state index in [1.165, 1.54) is 12.5 Å². The highest BCUT2D eigenvalue weighted by molar-refractivity contribution is 5.22. The Morgan fingerprint density at radius 3 is 2.71 bits per heavy atom. The minimum atomic E-state index is -0.796. The number of nitrogens with zero attached hydrogens (tertiary/aromatic N) is 1. The molecule has 1 unspecified atom stereocenters. The van der Waals surface area contributed by atoms with Gasteiger partial charge in [0, 0.05) is 12.5 Å². The van der Waals surface area contributed by atoms with E-state index in [0.717, 1.165) is 0 Å². The maximum absolute atomic E-state index is 9.88. The van der Waals surface area contributed by atoms with Crippen molar-refractivity contribution in [3.63, 3.8) is 0 Å². The van der Waals surface area contributed by atoms with Gasteiger partial charge in [-0.25, -0.2) is 4.98 Å². The molecule has 2 heterocycles. The summed E-state index contributed by atoms with van der Waals surface area (Å²) < 4.78 is 10.2. The number of aliphatic hydroxyl groups is 1. The number of rotatable bonds is 2. The zero-order valence-electron chi connectivity index (χ0n) is 8.02. The van der Waals surface area contributed by atoms with Crippen molar-refractivity contribution in [2.24, 2.45) is 0 Å². The summed E-state index contributed by atoms with van der Waals surface area (Å²) in [4.78, 5) is 4.08. The van der Waals surface area contributed by atoms with Crippen LogP contribution in [0.5, 0.6) is 0 Å². The summed E-state index contributed by atoms with van der Waals surface area (Å²) in [5.41, 5.74) is 1.38. The van der Waals surface area contributed by atoms with Crippen molar-refractivity contribution in [1.29, 1.82) is 0 Å². The second kappa shape index (κ2) is 3.31. The van der Waals surface area contributed by atoms with Crippen molar-refractivity contribution in [2.45, 2.75) is 20.0 Å². The second-order valence-corrected chi connectivity index (χ2v) is 3.14. The Balaban J connectivity index is 2.36. The van der Waals surface area contributed by atoms with Crippen LogP contribution in [0.3, 0.4) is 0 Å². The lowest BCUT2D eigenvalue weighted by Crippen LogP contribution is -1.98. The highest BCUT2D eigenvalue weighted by Crippen LogP contribution is 2.25. The summed E-state index contributed by atoms with van der Waals surface area (Å²) in [6.45, 7) is 3.55. The summed E-state index contributed by atoms with van der Waals surface area (Å²) in [6, 6.07) is 1.70. The van der Waals surface area contributed by atoms with Crippen molar-refractivity contribution < 1.29 is 13.9 Å². The van der Waals surface area contributed by atoms with Crippen molar-refractivity contribution in [1.82, 2.24) is 4.98 Å². The molecule has 0 amide bonds. The van der Waals surface area contributed by atoms with Gasteiger partial charge in [0.25, 0.3) is 0 Å². The minimum absolute atomic E-state index is 0.476. The molecular weight excluding hydrogens is 182 g/mol. The van der Waals surface area contributed by atoms with Crippen LogP contribution in [-0.2, 0) is 0 Å². The lowest BCUT2D eigenvalue weighted by molar-refractivity contribution is 0.185. The van der Waals surface area contributed by atoms with E-state index in [0.29, 0.717) is 22.9 Å². The van der Waals surface area contributed by atoms with Gasteiger partial charge in [-0.2, -0.15) is 0 Å². The van der Waals surface area contributed by atoms with Crippen LogP contribution in [0.25, 0.3) is 0 Å². The van der Waals surface area contributed by atoms with Gasteiger partial charge in [0.15, 0.2) is 11.7 Å². The fraction of sp³-hybridized carbons (Fsp3) is 0.300. The molecule has 1 N–H and O–H groups in total. The number of furan rings is 1. The molecule has 4 nitrogen and oxygen atoms in total. The number of hydrogen-bond acceptors (Lipinski definition) is 4. The number of aliphatic hydroxyl groups excluding tert-OH is 1. The SMILES string of the molecule is Cc1nc(C)c(C(O)c2ccoc2)o1. The Bertz CT molecular complexity index is 417. The molecule has 0 radical (unpaired) electrons. The predicted molar refractivity (Wildman–Crippen MR) is 48.7 cm³/mol. The van der Waals surface area contributed by atoms with E-state index in [9.17, 15) is 5.11 Å². The third-order valence-corrected chi connectivity index (χ3v) is 2.05. The number of oxazole rings is 1. The average Bonchev–Trinajstić information content (AvgIpc) is 2.73. The zero-order valence-corrected chi connectivity index (χ0v) is 8.02. The molecule has 0 fully saturated rings. The lowest BCUT2D eigenvalue weighted by atomic mass is 10.1.